The Kier molecular flexibility index (Phi) is 13.8. The maximum Gasteiger partial charge on any atom is 0.134 e. The predicted molar refractivity (Wildman–Crippen MR) is 247 cm³/mol. The molecule has 2 atom stereocenters. The second-order valence-corrected chi connectivity index (χ2v) is 25.8. The van der Waals surface area contributed by atoms with Crippen molar-refractivity contribution in [3.63, 3.8) is 0 Å². The molecule has 0 saturated heterocycles. The van der Waals surface area contributed by atoms with Gasteiger partial charge in [0, 0.05) is 39.7 Å². The van der Waals surface area contributed by atoms with Gasteiger partial charge in [0.15, 0.2) is 0 Å². The van der Waals surface area contributed by atoms with Crippen molar-refractivity contribution in [3.05, 3.63) is 56.9 Å². The first-order valence-corrected chi connectivity index (χ1v) is 27.6. The summed E-state index contributed by atoms with van der Waals surface area (Å²) >= 11 is 12.5. The van der Waals surface area contributed by atoms with Gasteiger partial charge in [-0.25, -0.2) is 4.39 Å². The number of hydrogen-bond donors (Lipinski definition) is 0. The zero-order valence-corrected chi connectivity index (χ0v) is 39.2. The molecule has 7 rings (SSSR count). The minimum Gasteiger partial charge on any atom is -0.206 e. The highest BCUT2D eigenvalue weighted by molar-refractivity contribution is 9.11. The fourth-order valence-corrected chi connectivity index (χ4v) is 22.6. The van der Waals surface area contributed by atoms with Crippen LogP contribution in [0, 0.1) is 17.7 Å². The van der Waals surface area contributed by atoms with Crippen molar-refractivity contribution >= 4 is 102 Å². The molecule has 0 radical (unpaired) electrons. The third-order valence-corrected chi connectivity index (χ3v) is 23.5. The van der Waals surface area contributed by atoms with Crippen molar-refractivity contribution in [1.82, 2.24) is 8.75 Å². The molecule has 5 aromatic heterocycles. The van der Waals surface area contributed by atoms with E-state index in [0.29, 0.717) is 22.9 Å². The second kappa shape index (κ2) is 18.4. The molecule has 0 amide bonds. The Morgan fingerprint density at radius 3 is 1.98 bits per heavy atom. The molecule has 288 valence electrons. The summed E-state index contributed by atoms with van der Waals surface area (Å²) in [6.07, 6.45) is 16.4. The summed E-state index contributed by atoms with van der Waals surface area (Å²) in [4.78, 5) is 8.90. The van der Waals surface area contributed by atoms with Crippen LogP contribution < -0.4 is 10.4 Å². The maximum absolute atomic E-state index is 16.9. The third-order valence-electron chi connectivity index (χ3n) is 11.8. The Balaban J connectivity index is 1.27. The average Bonchev–Trinajstić information content (AvgIpc) is 4.03. The third kappa shape index (κ3) is 8.23. The molecule has 0 aliphatic carbocycles. The molecule has 1 aliphatic rings. The maximum atomic E-state index is 16.9. The summed E-state index contributed by atoms with van der Waals surface area (Å²) in [6, 6.07) is 18.2. The average molecular weight is 898 g/mol. The number of halogens is 2. The van der Waals surface area contributed by atoms with E-state index in [4.69, 9.17) is 8.75 Å². The number of nitrogens with zero attached hydrogens (tertiary/aromatic N) is 2. The van der Waals surface area contributed by atoms with Crippen LogP contribution in [0.5, 0.6) is 0 Å². The molecule has 1 aliphatic heterocycles. The zero-order chi connectivity index (χ0) is 37.8. The Bertz CT molecular complexity index is 2140. The second-order valence-electron chi connectivity index (χ2n) is 15.5. The molecule has 6 heterocycles. The number of aryl methyl sites for hydroxylation is 1. The van der Waals surface area contributed by atoms with E-state index in [0.717, 1.165) is 27.3 Å². The first-order chi connectivity index (χ1) is 26.3. The summed E-state index contributed by atoms with van der Waals surface area (Å²) in [7, 11) is -2.17. The standard InChI is InChI=1S/C44H54BrFN2S5Si/c1-6-11-14-15-18-30-19-20-34(49-30)35-22-21-33(50-35)31-23-32(46)40(42-41(31)47-53-48-42)36-24-37-43(51-36)44-38(25-39(45)52-44)54(37,26-28(9-4)16-12-7-2)27-29(10-5)17-13-8-3/h19-25,28-29H,6-18,26-27H2,1-5H3. The summed E-state index contributed by atoms with van der Waals surface area (Å²) in [5, 5.41) is 3.22. The van der Waals surface area contributed by atoms with Crippen LogP contribution in [0.15, 0.2) is 46.3 Å². The fourth-order valence-electron chi connectivity index (χ4n) is 8.78. The van der Waals surface area contributed by atoms with E-state index in [1.165, 1.54) is 129 Å². The molecule has 6 aromatic rings. The number of fused-ring (bicyclic) bond motifs is 4. The van der Waals surface area contributed by atoms with Gasteiger partial charge < -0.3 is 0 Å². The molecule has 10 heteroatoms. The van der Waals surface area contributed by atoms with E-state index in [9.17, 15) is 0 Å². The van der Waals surface area contributed by atoms with Gasteiger partial charge in [-0.1, -0.05) is 105 Å². The molecule has 0 bridgehead atoms. The quantitative estimate of drug-likeness (QED) is 0.0564. The van der Waals surface area contributed by atoms with Gasteiger partial charge in [0.2, 0.25) is 0 Å². The predicted octanol–water partition coefficient (Wildman–Crippen LogP) is 15.9. The molecule has 0 spiro atoms. The van der Waals surface area contributed by atoms with Crippen LogP contribution in [-0.4, -0.2) is 16.8 Å². The molecular formula is C44H54BrFN2S5Si. The van der Waals surface area contributed by atoms with Crippen LogP contribution in [0.4, 0.5) is 4.39 Å². The van der Waals surface area contributed by atoms with Gasteiger partial charge in [-0.2, -0.15) is 8.75 Å². The highest BCUT2D eigenvalue weighted by Crippen LogP contribution is 2.50. The largest absolute Gasteiger partial charge is 0.206 e. The van der Waals surface area contributed by atoms with Crippen LogP contribution in [0.2, 0.25) is 12.1 Å². The molecule has 2 unspecified atom stereocenters. The molecule has 0 fully saturated rings. The van der Waals surface area contributed by atoms with E-state index in [2.05, 4.69) is 86.9 Å². The van der Waals surface area contributed by atoms with Gasteiger partial charge in [-0.15, -0.1) is 45.3 Å². The lowest BCUT2D eigenvalue weighted by Gasteiger charge is -2.35. The first-order valence-electron chi connectivity index (χ1n) is 20.4. The van der Waals surface area contributed by atoms with Gasteiger partial charge in [-0.05, 0) is 106 Å². The number of thiophene rings is 4. The summed E-state index contributed by atoms with van der Waals surface area (Å²) < 4.78 is 27.7. The molecular weight excluding hydrogens is 844 g/mol. The lowest BCUT2D eigenvalue weighted by molar-refractivity contribution is 0.469. The topological polar surface area (TPSA) is 25.8 Å². The van der Waals surface area contributed by atoms with E-state index in [1.54, 1.807) is 27.8 Å². The van der Waals surface area contributed by atoms with E-state index in [-0.39, 0.29) is 5.82 Å². The first kappa shape index (κ1) is 40.7. The van der Waals surface area contributed by atoms with E-state index in [1.807, 2.05) is 34.0 Å². The molecule has 2 nitrogen and oxygen atoms in total. The van der Waals surface area contributed by atoms with Gasteiger partial charge in [0.25, 0.3) is 0 Å². The zero-order valence-electron chi connectivity index (χ0n) is 32.5. The van der Waals surface area contributed by atoms with Gasteiger partial charge in [-0.3, -0.25) is 0 Å². The Morgan fingerprint density at radius 1 is 0.648 bits per heavy atom. The number of benzene rings is 1. The van der Waals surface area contributed by atoms with Crippen LogP contribution >= 0.6 is 73.0 Å². The minimum atomic E-state index is -2.17. The minimum absolute atomic E-state index is 0.186. The normalized spacial score (nSPS) is 16.4. The van der Waals surface area contributed by atoms with Crippen LogP contribution in [0.1, 0.15) is 117 Å². The number of rotatable bonds is 20. The SMILES string of the molecule is CCCCCCc1ccc(-c2ccc(-c3cc(F)c(-c4cc5c(s4)-c4sc(Br)cc4[Si]5(CC(CC)CCCC)CC(CC)CCCC)c4nsnc34)s2)s1. The van der Waals surface area contributed by atoms with E-state index >= 15 is 4.39 Å². The lowest BCUT2D eigenvalue weighted by atomic mass is 10.0. The summed E-state index contributed by atoms with van der Waals surface area (Å²) in [5.41, 5.74) is 3.02. The number of hydrogen-bond acceptors (Lipinski definition) is 7. The molecule has 54 heavy (non-hydrogen) atoms. The van der Waals surface area contributed by atoms with Gasteiger partial charge in [0.05, 0.1) is 21.1 Å². The molecule has 0 saturated carbocycles. The van der Waals surface area contributed by atoms with Gasteiger partial charge in [0.1, 0.15) is 24.9 Å². The van der Waals surface area contributed by atoms with Gasteiger partial charge >= 0.3 is 0 Å². The van der Waals surface area contributed by atoms with Crippen LogP contribution in [-0.2, 0) is 6.42 Å². The van der Waals surface area contributed by atoms with Crippen LogP contribution in [0.25, 0.3) is 51.4 Å². The van der Waals surface area contributed by atoms with Crippen molar-refractivity contribution in [1.29, 1.82) is 0 Å². The van der Waals surface area contributed by atoms with Crippen LogP contribution in [0.3, 0.4) is 0 Å². The highest BCUT2D eigenvalue weighted by Gasteiger charge is 2.50. The van der Waals surface area contributed by atoms with Crippen molar-refractivity contribution in [2.75, 3.05) is 0 Å². The van der Waals surface area contributed by atoms with Crippen molar-refractivity contribution in [2.24, 2.45) is 11.8 Å². The molecule has 1 aromatic carbocycles. The smallest absolute Gasteiger partial charge is 0.134 e. The Morgan fingerprint density at radius 2 is 1.28 bits per heavy atom. The van der Waals surface area contributed by atoms with Crippen molar-refractivity contribution in [3.8, 4) is 40.4 Å². The number of unbranched alkanes of at least 4 members (excludes halogenated alkanes) is 5. The summed E-state index contributed by atoms with van der Waals surface area (Å²) in [6.45, 7) is 11.7. The fraction of sp³-hybridized carbons (Fsp3) is 0.500. The lowest BCUT2D eigenvalue weighted by Crippen LogP contribution is -2.56. The summed E-state index contributed by atoms with van der Waals surface area (Å²) in [5.74, 6) is 1.25. The van der Waals surface area contributed by atoms with Crippen molar-refractivity contribution in [2.45, 2.75) is 130 Å². The molecule has 0 N–H and O–H groups in total. The monoisotopic (exact) mass is 896 g/mol. The van der Waals surface area contributed by atoms with Crippen molar-refractivity contribution < 1.29 is 4.39 Å². The highest BCUT2D eigenvalue weighted by atomic mass is 79.9. The Labute approximate surface area is 352 Å². The Hall–Kier alpha value is -1.53. The van der Waals surface area contributed by atoms with E-state index < -0.39 is 8.07 Å². The number of aromatic nitrogens is 2.